The molecule has 0 unspecified atom stereocenters. The molecule has 76 valence electrons. The second-order valence-electron chi connectivity index (χ2n) is 5.67. The zero-order valence-corrected chi connectivity index (χ0v) is 12.0. The van der Waals surface area contributed by atoms with E-state index in [1.54, 1.807) is 19.3 Å². The van der Waals surface area contributed by atoms with Crippen molar-refractivity contribution in [3.63, 3.8) is 0 Å². The number of rotatable bonds is 1. The Hall–Kier alpha value is 1.25. The molecule has 4 bridgehead atoms. The predicted octanol–water partition coefficient (Wildman–Crippen LogP) is 0.0502. The molecule has 0 aromatic carbocycles. The van der Waals surface area contributed by atoms with E-state index >= 15 is 0 Å². The molecule has 0 atom stereocenters. The Morgan fingerprint density at radius 1 is 0.929 bits per heavy atom. The Bertz CT molecular complexity index is 167. The van der Waals surface area contributed by atoms with Crippen LogP contribution in [0.3, 0.4) is 0 Å². The SMILES string of the molecule is [Br-].[CH2-]CC12CC3CC(CC(C3)C1)C2.[Mg+2]. The second-order valence-corrected chi connectivity index (χ2v) is 5.67. The zero-order valence-electron chi connectivity index (χ0n) is 8.97. The molecule has 4 aliphatic carbocycles. The van der Waals surface area contributed by atoms with Crippen LogP contribution in [0.15, 0.2) is 0 Å². The summed E-state index contributed by atoms with van der Waals surface area (Å²) in [5.41, 5.74) is 0.731. The van der Waals surface area contributed by atoms with Crippen molar-refractivity contribution in [3.05, 3.63) is 6.92 Å². The Balaban J connectivity index is 0.000000490. The first-order chi connectivity index (χ1) is 5.80. The average Bonchev–Trinajstić information content (AvgIpc) is 2.02. The van der Waals surface area contributed by atoms with Gasteiger partial charge in [0.15, 0.2) is 0 Å². The van der Waals surface area contributed by atoms with E-state index in [1.165, 1.54) is 25.7 Å². The van der Waals surface area contributed by atoms with Gasteiger partial charge < -0.3 is 23.9 Å². The zero-order chi connectivity index (χ0) is 8.18. The van der Waals surface area contributed by atoms with Crippen LogP contribution >= 0.6 is 0 Å². The van der Waals surface area contributed by atoms with E-state index in [0.717, 1.165) is 23.2 Å². The van der Waals surface area contributed by atoms with E-state index in [0.29, 0.717) is 0 Å². The largest absolute Gasteiger partial charge is 2.00 e. The van der Waals surface area contributed by atoms with E-state index in [1.807, 2.05) is 0 Å². The predicted molar refractivity (Wildman–Crippen MR) is 56.3 cm³/mol. The number of hydrogen-bond acceptors (Lipinski definition) is 0. The minimum absolute atomic E-state index is 0. The van der Waals surface area contributed by atoms with E-state index in [2.05, 4.69) is 6.92 Å². The summed E-state index contributed by atoms with van der Waals surface area (Å²) in [6.07, 6.45) is 10.5. The van der Waals surface area contributed by atoms with Gasteiger partial charge in [-0.3, -0.25) is 0 Å². The summed E-state index contributed by atoms with van der Waals surface area (Å²) in [5.74, 6) is 3.33. The van der Waals surface area contributed by atoms with Gasteiger partial charge in [-0.15, -0.1) is 0 Å². The molecule has 4 aliphatic rings. The van der Waals surface area contributed by atoms with Gasteiger partial charge in [0.1, 0.15) is 0 Å². The molecule has 14 heavy (non-hydrogen) atoms. The molecule has 2 heteroatoms. The monoisotopic (exact) mass is 266 g/mol. The van der Waals surface area contributed by atoms with Crippen LogP contribution in [0.2, 0.25) is 0 Å². The maximum atomic E-state index is 4.18. The van der Waals surface area contributed by atoms with Crippen LogP contribution in [-0.2, 0) is 0 Å². The molecule has 0 aromatic heterocycles. The summed E-state index contributed by atoms with van der Waals surface area (Å²) in [5, 5.41) is 0. The summed E-state index contributed by atoms with van der Waals surface area (Å²) in [6, 6.07) is 0. The van der Waals surface area contributed by atoms with Crippen molar-refractivity contribution in [1.29, 1.82) is 0 Å². The maximum absolute atomic E-state index is 4.18. The summed E-state index contributed by atoms with van der Waals surface area (Å²) in [7, 11) is 0. The number of halogens is 1. The van der Waals surface area contributed by atoms with Gasteiger partial charge in [0.25, 0.3) is 0 Å². The average molecular weight is 267 g/mol. The molecule has 4 saturated carbocycles. The maximum Gasteiger partial charge on any atom is 2.00 e. The van der Waals surface area contributed by atoms with Gasteiger partial charge in [0, 0.05) is 0 Å². The Morgan fingerprint density at radius 3 is 1.57 bits per heavy atom. The van der Waals surface area contributed by atoms with Crippen molar-refractivity contribution >= 4 is 23.1 Å². The van der Waals surface area contributed by atoms with Crippen LogP contribution < -0.4 is 17.0 Å². The van der Waals surface area contributed by atoms with Crippen molar-refractivity contribution in [1.82, 2.24) is 0 Å². The third kappa shape index (κ3) is 2.03. The third-order valence-electron chi connectivity index (χ3n) is 4.70. The molecule has 0 nitrogen and oxygen atoms in total. The number of hydrogen-bond donors (Lipinski definition) is 0. The molecule has 0 N–H and O–H groups in total. The molecule has 4 rings (SSSR count). The van der Waals surface area contributed by atoms with Crippen LogP contribution in [0.1, 0.15) is 44.9 Å². The van der Waals surface area contributed by atoms with E-state index in [9.17, 15) is 0 Å². The molecule has 0 aliphatic heterocycles. The Morgan fingerprint density at radius 2 is 1.29 bits per heavy atom. The van der Waals surface area contributed by atoms with Crippen LogP contribution in [0.25, 0.3) is 0 Å². The normalized spacial score (nSPS) is 48.2. The fourth-order valence-corrected chi connectivity index (χ4v) is 4.60. The Labute approximate surface area is 115 Å². The van der Waals surface area contributed by atoms with Crippen molar-refractivity contribution in [2.24, 2.45) is 23.2 Å². The van der Waals surface area contributed by atoms with Crippen LogP contribution in [0.5, 0.6) is 0 Å². The van der Waals surface area contributed by atoms with Gasteiger partial charge in [-0.25, -0.2) is 0 Å². The summed E-state index contributed by atoms with van der Waals surface area (Å²) in [4.78, 5) is 0. The topological polar surface area (TPSA) is 0 Å². The summed E-state index contributed by atoms with van der Waals surface area (Å²) in [6.45, 7) is 4.18. The van der Waals surface area contributed by atoms with Crippen molar-refractivity contribution in [2.75, 3.05) is 0 Å². The summed E-state index contributed by atoms with van der Waals surface area (Å²) < 4.78 is 0. The van der Waals surface area contributed by atoms with Crippen LogP contribution in [-0.4, -0.2) is 23.1 Å². The van der Waals surface area contributed by atoms with Gasteiger partial charge in [-0.2, -0.15) is 6.42 Å². The summed E-state index contributed by atoms with van der Waals surface area (Å²) >= 11 is 0. The molecule has 4 fully saturated rings. The molecule has 0 aromatic rings. The van der Waals surface area contributed by atoms with E-state index < -0.39 is 0 Å². The Kier molecular flexibility index (Phi) is 4.40. The van der Waals surface area contributed by atoms with Crippen molar-refractivity contribution < 1.29 is 17.0 Å². The quantitative estimate of drug-likeness (QED) is 0.465. The van der Waals surface area contributed by atoms with Gasteiger partial charge in [0.2, 0.25) is 0 Å². The fraction of sp³-hybridized carbons (Fsp3) is 0.917. The third-order valence-corrected chi connectivity index (χ3v) is 4.70. The van der Waals surface area contributed by atoms with Gasteiger partial charge in [-0.1, -0.05) is 5.41 Å². The molecular formula is C12H19BrMg. The van der Waals surface area contributed by atoms with Crippen LogP contribution in [0, 0.1) is 30.1 Å². The minimum Gasteiger partial charge on any atom is -1.00 e. The van der Waals surface area contributed by atoms with E-state index in [4.69, 9.17) is 0 Å². The van der Waals surface area contributed by atoms with Crippen molar-refractivity contribution in [3.8, 4) is 0 Å². The standard InChI is InChI=1S/C12H19.BrH.Mg/c1-2-12-6-9-3-10(7-12)5-11(4-9)8-12;;/h9-11H,1-8H2;1H;/q-1;;+2/p-1. The molecule has 0 amide bonds. The molecule has 0 radical (unpaired) electrons. The second kappa shape index (κ2) is 4.63. The van der Waals surface area contributed by atoms with Crippen molar-refractivity contribution in [2.45, 2.75) is 44.9 Å². The fourth-order valence-electron chi connectivity index (χ4n) is 4.60. The van der Waals surface area contributed by atoms with Gasteiger partial charge in [0.05, 0.1) is 0 Å². The smallest absolute Gasteiger partial charge is 1.00 e. The molecule has 0 spiro atoms. The first kappa shape index (κ1) is 13.3. The molecule has 0 heterocycles. The van der Waals surface area contributed by atoms with E-state index in [-0.39, 0.29) is 40.0 Å². The first-order valence-electron chi connectivity index (χ1n) is 5.59. The van der Waals surface area contributed by atoms with Crippen LogP contribution in [0.4, 0.5) is 0 Å². The minimum atomic E-state index is 0. The van der Waals surface area contributed by atoms with Gasteiger partial charge in [-0.05, 0) is 56.3 Å². The van der Waals surface area contributed by atoms with Gasteiger partial charge >= 0.3 is 23.1 Å². The molecule has 0 saturated heterocycles. The first-order valence-corrected chi connectivity index (χ1v) is 5.59. The molecular weight excluding hydrogens is 248 g/mol.